The molecule has 0 aliphatic carbocycles. The van der Waals surface area contributed by atoms with Crippen LogP contribution in [0, 0.1) is 0 Å². The maximum atomic E-state index is 2.23. The van der Waals surface area contributed by atoms with E-state index in [9.17, 15) is 0 Å². The van der Waals surface area contributed by atoms with Crippen LogP contribution in [0.1, 0.15) is 18.1 Å². The summed E-state index contributed by atoms with van der Waals surface area (Å²) in [5, 5.41) is 0. The van der Waals surface area contributed by atoms with Crippen LogP contribution in [0.5, 0.6) is 0 Å². The van der Waals surface area contributed by atoms with Crippen molar-refractivity contribution < 1.29 is 17.0 Å². The molecule has 16 heavy (non-hydrogen) atoms. The number of hydrogen-bond acceptors (Lipinski definition) is 0. The molecule has 0 saturated carbocycles. The maximum absolute atomic E-state index is 2.23. The predicted octanol–water partition coefficient (Wildman–Crippen LogP) is -0.411. The van der Waals surface area contributed by atoms with Crippen LogP contribution in [0.15, 0.2) is 54.9 Å². The van der Waals surface area contributed by atoms with Gasteiger partial charge in [-0.1, -0.05) is 37.3 Å². The van der Waals surface area contributed by atoms with Crippen LogP contribution in [0.2, 0.25) is 0 Å². The van der Waals surface area contributed by atoms with Gasteiger partial charge in [0.1, 0.15) is 0 Å². The molecule has 1 aromatic carbocycles. The maximum Gasteiger partial charge on any atom is 0.173 e. The van der Waals surface area contributed by atoms with E-state index < -0.39 is 0 Å². The van der Waals surface area contributed by atoms with E-state index in [1.54, 1.807) is 0 Å². The van der Waals surface area contributed by atoms with Gasteiger partial charge in [-0.3, -0.25) is 0 Å². The Morgan fingerprint density at radius 1 is 0.938 bits per heavy atom. The van der Waals surface area contributed by atoms with Gasteiger partial charge in [0.2, 0.25) is 0 Å². The van der Waals surface area contributed by atoms with Crippen molar-refractivity contribution >= 4 is 0 Å². The van der Waals surface area contributed by atoms with Gasteiger partial charge in [-0.25, -0.2) is 4.57 Å². The first kappa shape index (κ1) is 12.7. The van der Waals surface area contributed by atoms with Gasteiger partial charge in [-0.15, -0.1) is 0 Å². The number of rotatable bonds is 3. The average Bonchev–Trinajstić information content (AvgIpc) is 2.31. The number of hydrogen-bond donors (Lipinski definition) is 0. The molecule has 0 fully saturated rings. The summed E-state index contributed by atoms with van der Waals surface area (Å²) < 4.78 is 2.23. The number of halogens is 1. The third-order valence-electron chi connectivity index (χ3n) is 2.54. The lowest BCUT2D eigenvalue weighted by atomic mass is 10.2. The zero-order valence-electron chi connectivity index (χ0n) is 9.44. The van der Waals surface area contributed by atoms with Crippen LogP contribution in [-0.2, 0) is 13.0 Å². The van der Waals surface area contributed by atoms with Crippen LogP contribution in [0.3, 0.4) is 0 Å². The Balaban J connectivity index is 0.00000128. The molecule has 0 aliphatic rings. The van der Waals surface area contributed by atoms with Gasteiger partial charge in [0.25, 0.3) is 0 Å². The molecular formula is C14H16ClN. The minimum Gasteiger partial charge on any atom is -1.00 e. The Hall–Kier alpha value is -1.34. The normalized spacial score (nSPS) is 9.56. The standard InChI is InChI=1S/C14H16N.ClH/c1-2-13-9-6-10-15(11-13)12-14-7-4-3-5-8-14;/h3-11H,2,12H2,1H3;1H/q+1;/p-1. The Bertz CT molecular complexity index is 426. The molecule has 0 spiro atoms. The first-order chi connectivity index (χ1) is 7.38. The van der Waals surface area contributed by atoms with E-state index in [-0.39, 0.29) is 12.4 Å². The summed E-state index contributed by atoms with van der Waals surface area (Å²) in [7, 11) is 0. The number of pyridine rings is 1. The molecular weight excluding hydrogens is 218 g/mol. The van der Waals surface area contributed by atoms with Crippen molar-refractivity contribution in [2.45, 2.75) is 19.9 Å². The molecule has 2 aromatic rings. The average molecular weight is 234 g/mol. The van der Waals surface area contributed by atoms with Gasteiger partial charge in [0.05, 0.1) is 0 Å². The summed E-state index contributed by atoms with van der Waals surface area (Å²) in [5.41, 5.74) is 2.73. The number of aryl methyl sites for hydroxylation is 1. The van der Waals surface area contributed by atoms with E-state index in [1.165, 1.54) is 11.1 Å². The minimum atomic E-state index is 0. The zero-order chi connectivity index (χ0) is 10.5. The van der Waals surface area contributed by atoms with E-state index in [0.29, 0.717) is 0 Å². The van der Waals surface area contributed by atoms with E-state index in [0.717, 1.165) is 13.0 Å². The Morgan fingerprint density at radius 2 is 1.62 bits per heavy atom. The molecule has 1 heterocycles. The molecule has 2 rings (SSSR count). The topological polar surface area (TPSA) is 3.88 Å². The highest BCUT2D eigenvalue weighted by molar-refractivity contribution is 5.13. The van der Waals surface area contributed by atoms with Crippen molar-refractivity contribution in [1.82, 2.24) is 0 Å². The van der Waals surface area contributed by atoms with Gasteiger partial charge in [0, 0.05) is 17.2 Å². The highest BCUT2D eigenvalue weighted by atomic mass is 35.5. The summed E-state index contributed by atoms with van der Waals surface area (Å²) in [6.07, 6.45) is 5.43. The third-order valence-corrected chi connectivity index (χ3v) is 2.54. The van der Waals surface area contributed by atoms with E-state index in [1.807, 2.05) is 0 Å². The second-order valence-corrected chi connectivity index (χ2v) is 3.72. The second kappa shape index (κ2) is 6.29. The lowest BCUT2D eigenvalue weighted by Crippen LogP contribution is -3.00. The Morgan fingerprint density at radius 3 is 2.31 bits per heavy atom. The van der Waals surface area contributed by atoms with Crippen LogP contribution >= 0.6 is 0 Å². The van der Waals surface area contributed by atoms with Crippen molar-refractivity contribution in [1.29, 1.82) is 0 Å². The van der Waals surface area contributed by atoms with Gasteiger partial charge < -0.3 is 12.4 Å². The lowest BCUT2D eigenvalue weighted by Gasteiger charge is -1.99. The highest BCUT2D eigenvalue weighted by Gasteiger charge is 2.02. The molecule has 0 amide bonds. The summed E-state index contributed by atoms with van der Waals surface area (Å²) in [5.74, 6) is 0. The van der Waals surface area contributed by atoms with Crippen LogP contribution in [-0.4, -0.2) is 0 Å². The van der Waals surface area contributed by atoms with Crippen molar-refractivity contribution in [2.75, 3.05) is 0 Å². The molecule has 1 nitrogen and oxygen atoms in total. The first-order valence-corrected chi connectivity index (χ1v) is 5.40. The number of aromatic nitrogens is 1. The van der Waals surface area contributed by atoms with Crippen molar-refractivity contribution in [3.63, 3.8) is 0 Å². The van der Waals surface area contributed by atoms with Gasteiger partial charge in [0.15, 0.2) is 18.9 Å². The van der Waals surface area contributed by atoms with Gasteiger partial charge in [-0.2, -0.15) is 0 Å². The molecule has 0 unspecified atom stereocenters. The first-order valence-electron chi connectivity index (χ1n) is 5.40. The number of nitrogens with zero attached hydrogens (tertiary/aromatic N) is 1. The SMILES string of the molecule is CCc1ccc[n+](Cc2ccccc2)c1.[Cl-]. The Labute approximate surface area is 103 Å². The molecule has 2 heteroatoms. The quantitative estimate of drug-likeness (QED) is 0.635. The molecule has 84 valence electrons. The second-order valence-electron chi connectivity index (χ2n) is 3.72. The molecule has 0 saturated heterocycles. The predicted molar refractivity (Wildman–Crippen MR) is 61.6 cm³/mol. The fraction of sp³-hybridized carbons (Fsp3) is 0.214. The van der Waals surface area contributed by atoms with Gasteiger partial charge >= 0.3 is 0 Å². The highest BCUT2D eigenvalue weighted by Crippen LogP contribution is 1.99. The molecule has 0 aliphatic heterocycles. The summed E-state index contributed by atoms with van der Waals surface area (Å²) in [6.45, 7) is 3.14. The molecule has 0 atom stereocenters. The van der Waals surface area contributed by atoms with E-state index >= 15 is 0 Å². The van der Waals surface area contributed by atoms with E-state index in [2.05, 4.69) is 66.3 Å². The molecule has 1 aromatic heterocycles. The van der Waals surface area contributed by atoms with Crippen LogP contribution in [0.25, 0.3) is 0 Å². The molecule has 0 bridgehead atoms. The fourth-order valence-electron chi connectivity index (χ4n) is 1.68. The van der Waals surface area contributed by atoms with Crippen LogP contribution in [0.4, 0.5) is 0 Å². The van der Waals surface area contributed by atoms with E-state index in [4.69, 9.17) is 0 Å². The monoisotopic (exact) mass is 233 g/mol. The summed E-state index contributed by atoms with van der Waals surface area (Å²) in [6, 6.07) is 14.8. The molecule has 0 N–H and O–H groups in total. The molecule has 0 radical (unpaired) electrons. The largest absolute Gasteiger partial charge is 1.00 e. The smallest absolute Gasteiger partial charge is 0.173 e. The van der Waals surface area contributed by atoms with Gasteiger partial charge in [-0.05, 0) is 12.5 Å². The summed E-state index contributed by atoms with van der Waals surface area (Å²) in [4.78, 5) is 0. The van der Waals surface area contributed by atoms with Crippen molar-refractivity contribution in [3.05, 3.63) is 66.0 Å². The van der Waals surface area contributed by atoms with Crippen molar-refractivity contribution in [3.8, 4) is 0 Å². The zero-order valence-corrected chi connectivity index (χ0v) is 10.2. The summed E-state index contributed by atoms with van der Waals surface area (Å²) >= 11 is 0. The Kier molecular flexibility index (Phi) is 5.00. The minimum absolute atomic E-state index is 0. The third kappa shape index (κ3) is 3.35. The van der Waals surface area contributed by atoms with Crippen LogP contribution < -0.4 is 17.0 Å². The number of benzene rings is 1. The lowest BCUT2D eigenvalue weighted by molar-refractivity contribution is -0.688. The van der Waals surface area contributed by atoms with Crippen molar-refractivity contribution in [2.24, 2.45) is 0 Å². The fourth-order valence-corrected chi connectivity index (χ4v) is 1.68.